The van der Waals surface area contributed by atoms with Crippen LogP contribution in [0.2, 0.25) is 0 Å². The van der Waals surface area contributed by atoms with Gasteiger partial charge in [-0.15, -0.1) is 0 Å². The molecule has 1 aromatic heterocycles. The smallest absolute Gasteiger partial charge is 0.195 e. The van der Waals surface area contributed by atoms with Crippen LogP contribution in [0.4, 0.5) is 4.39 Å². The molecule has 0 fully saturated rings. The number of aryl methyl sites for hydroxylation is 1. The van der Waals surface area contributed by atoms with Gasteiger partial charge in [0.05, 0.1) is 0 Å². The lowest BCUT2D eigenvalue weighted by molar-refractivity contribution is -0.116. The molecule has 1 heterocycles. The highest BCUT2D eigenvalue weighted by Crippen LogP contribution is 2.27. The Morgan fingerprint density at radius 1 is 1.00 bits per heavy atom. The van der Waals surface area contributed by atoms with E-state index in [2.05, 4.69) is 4.98 Å². The van der Waals surface area contributed by atoms with Gasteiger partial charge in [0.15, 0.2) is 28.9 Å². The monoisotopic (exact) mass is 327 g/mol. The van der Waals surface area contributed by atoms with Crippen LogP contribution in [0.5, 0.6) is 0 Å². The predicted molar refractivity (Wildman–Crippen MR) is 88.0 cm³/mol. The maximum atomic E-state index is 13.6. The molecule has 124 valence electrons. The van der Waals surface area contributed by atoms with E-state index in [9.17, 15) is 14.0 Å². The Balaban J connectivity index is 1.73. The number of rotatable bonds is 4. The van der Waals surface area contributed by atoms with Crippen molar-refractivity contribution in [3.05, 3.63) is 52.2 Å². The van der Waals surface area contributed by atoms with Crippen molar-refractivity contribution in [3.63, 3.8) is 0 Å². The molecule has 0 atom stereocenters. The van der Waals surface area contributed by atoms with Crippen LogP contribution < -0.4 is 0 Å². The molecule has 0 bridgehead atoms. The average molecular weight is 327 g/mol. The van der Waals surface area contributed by atoms with E-state index in [1.807, 2.05) is 0 Å². The Bertz CT molecular complexity index is 918. The van der Waals surface area contributed by atoms with Crippen LogP contribution in [-0.2, 0) is 16.0 Å². The lowest BCUT2D eigenvalue weighted by Gasteiger charge is -2.18. The number of fused-ring (bicyclic) bond motifs is 1. The highest BCUT2D eigenvalue weighted by Gasteiger charge is 2.27. The summed E-state index contributed by atoms with van der Waals surface area (Å²) in [5.74, 6) is -0.125. The van der Waals surface area contributed by atoms with Gasteiger partial charge in [-0.2, -0.15) is 0 Å². The SMILES string of the molecule is CC1=C(C)C(=O)C(CCCc2nc3cccc(F)c3o2)=C(C)C1=O. The first-order valence-corrected chi connectivity index (χ1v) is 7.90. The summed E-state index contributed by atoms with van der Waals surface area (Å²) in [5, 5.41) is 0. The Morgan fingerprint density at radius 3 is 2.42 bits per heavy atom. The molecule has 1 aliphatic carbocycles. The number of Topliss-reactive ketones (excluding diaryl/α,β-unsaturated/α-hetero) is 2. The summed E-state index contributed by atoms with van der Waals surface area (Å²) < 4.78 is 19.0. The van der Waals surface area contributed by atoms with Gasteiger partial charge in [0.1, 0.15) is 5.52 Å². The number of nitrogens with zero attached hydrogens (tertiary/aromatic N) is 1. The van der Waals surface area contributed by atoms with Crippen molar-refractivity contribution >= 4 is 22.7 Å². The first-order valence-electron chi connectivity index (χ1n) is 7.90. The first-order chi connectivity index (χ1) is 11.4. The Hall–Kier alpha value is -2.56. The van der Waals surface area contributed by atoms with Crippen LogP contribution in [-0.4, -0.2) is 16.6 Å². The molecule has 3 rings (SSSR count). The number of allylic oxidation sites excluding steroid dienone is 4. The number of carbonyl (C=O) groups excluding carboxylic acids is 2. The molecule has 0 radical (unpaired) electrons. The summed E-state index contributed by atoms with van der Waals surface area (Å²) in [5.41, 5.74) is 2.76. The van der Waals surface area contributed by atoms with E-state index < -0.39 is 5.82 Å². The van der Waals surface area contributed by atoms with Gasteiger partial charge >= 0.3 is 0 Å². The fraction of sp³-hybridized carbons (Fsp3) is 0.316. The maximum Gasteiger partial charge on any atom is 0.195 e. The van der Waals surface area contributed by atoms with Gasteiger partial charge in [-0.25, -0.2) is 9.37 Å². The lowest BCUT2D eigenvalue weighted by Crippen LogP contribution is -2.20. The van der Waals surface area contributed by atoms with Crippen LogP contribution in [0, 0.1) is 5.82 Å². The normalized spacial score (nSPS) is 15.8. The molecule has 2 aromatic rings. The standard InChI is InChI=1S/C19H18FNO3/c1-10-11(2)18(23)13(12(3)17(10)22)6-4-9-16-21-15-8-5-7-14(20)19(15)24-16/h5,7-8H,4,6,9H2,1-3H3. The molecule has 4 nitrogen and oxygen atoms in total. The molecule has 0 spiro atoms. The van der Waals surface area contributed by atoms with Crippen molar-refractivity contribution in [3.8, 4) is 0 Å². The summed E-state index contributed by atoms with van der Waals surface area (Å²) in [7, 11) is 0. The quantitative estimate of drug-likeness (QED) is 0.793. The zero-order valence-corrected chi connectivity index (χ0v) is 13.9. The molecular weight excluding hydrogens is 309 g/mol. The first kappa shape index (κ1) is 16.3. The van der Waals surface area contributed by atoms with Gasteiger partial charge in [0.2, 0.25) is 0 Å². The van der Waals surface area contributed by atoms with Crippen LogP contribution in [0.25, 0.3) is 11.1 Å². The van der Waals surface area contributed by atoms with E-state index in [-0.39, 0.29) is 17.1 Å². The molecule has 1 aliphatic rings. The van der Waals surface area contributed by atoms with Gasteiger partial charge < -0.3 is 4.42 Å². The van der Waals surface area contributed by atoms with E-state index >= 15 is 0 Å². The maximum absolute atomic E-state index is 13.6. The number of hydrogen-bond acceptors (Lipinski definition) is 4. The van der Waals surface area contributed by atoms with Gasteiger partial charge in [-0.3, -0.25) is 9.59 Å². The largest absolute Gasteiger partial charge is 0.438 e. The van der Waals surface area contributed by atoms with Crippen molar-refractivity contribution in [1.82, 2.24) is 4.98 Å². The number of benzene rings is 1. The molecule has 1 aromatic carbocycles. The molecular formula is C19H18FNO3. The average Bonchev–Trinajstić information content (AvgIpc) is 2.99. The third-order valence-corrected chi connectivity index (χ3v) is 4.54. The summed E-state index contributed by atoms with van der Waals surface area (Å²) in [6.45, 7) is 5.06. The van der Waals surface area contributed by atoms with Gasteiger partial charge in [-0.05, 0) is 45.7 Å². The van der Waals surface area contributed by atoms with Crippen LogP contribution in [0.15, 0.2) is 44.9 Å². The van der Waals surface area contributed by atoms with Crippen molar-refractivity contribution in [2.24, 2.45) is 0 Å². The Labute approximate surface area is 139 Å². The molecule has 0 N–H and O–H groups in total. The second kappa shape index (κ2) is 6.15. The van der Waals surface area contributed by atoms with E-state index in [4.69, 9.17) is 4.42 Å². The number of carbonyl (C=O) groups is 2. The third-order valence-electron chi connectivity index (χ3n) is 4.54. The van der Waals surface area contributed by atoms with Gasteiger partial charge in [0, 0.05) is 28.7 Å². The molecule has 24 heavy (non-hydrogen) atoms. The molecule has 0 aliphatic heterocycles. The summed E-state index contributed by atoms with van der Waals surface area (Å²) in [4.78, 5) is 28.8. The fourth-order valence-corrected chi connectivity index (χ4v) is 2.94. The second-order valence-corrected chi connectivity index (χ2v) is 6.06. The lowest BCUT2D eigenvalue weighted by atomic mass is 9.84. The minimum absolute atomic E-state index is 0.0618. The Morgan fingerprint density at radius 2 is 1.71 bits per heavy atom. The summed E-state index contributed by atoms with van der Waals surface area (Å²) in [6, 6.07) is 4.61. The summed E-state index contributed by atoms with van der Waals surface area (Å²) in [6.07, 6.45) is 1.56. The molecule has 5 heteroatoms. The molecule has 0 saturated carbocycles. The van der Waals surface area contributed by atoms with Crippen molar-refractivity contribution in [2.75, 3.05) is 0 Å². The number of halogens is 1. The number of para-hydroxylation sites is 1. The predicted octanol–water partition coefficient (Wildman–Crippen LogP) is 4.09. The van der Waals surface area contributed by atoms with E-state index in [0.29, 0.717) is 53.0 Å². The topological polar surface area (TPSA) is 60.2 Å². The van der Waals surface area contributed by atoms with E-state index in [1.165, 1.54) is 6.07 Å². The van der Waals surface area contributed by atoms with Gasteiger partial charge in [-0.1, -0.05) is 6.07 Å². The van der Waals surface area contributed by atoms with Crippen LogP contribution in [0.1, 0.15) is 39.5 Å². The highest BCUT2D eigenvalue weighted by atomic mass is 19.1. The van der Waals surface area contributed by atoms with Crippen molar-refractivity contribution in [1.29, 1.82) is 0 Å². The third kappa shape index (κ3) is 2.70. The highest BCUT2D eigenvalue weighted by molar-refractivity contribution is 6.24. The van der Waals surface area contributed by atoms with Crippen LogP contribution in [0.3, 0.4) is 0 Å². The van der Waals surface area contributed by atoms with Crippen LogP contribution >= 0.6 is 0 Å². The van der Waals surface area contributed by atoms with E-state index in [0.717, 1.165) is 0 Å². The van der Waals surface area contributed by atoms with Crippen molar-refractivity contribution in [2.45, 2.75) is 40.0 Å². The Kier molecular flexibility index (Phi) is 4.18. The number of ketones is 2. The number of aromatic nitrogens is 1. The van der Waals surface area contributed by atoms with Gasteiger partial charge in [0.25, 0.3) is 0 Å². The summed E-state index contributed by atoms with van der Waals surface area (Å²) >= 11 is 0. The minimum Gasteiger partial charge on any atom is -0.438 e. The minimum atomic E-state index is -0.436. The zero-order chi connectivity index (χ0) is 17.4. The number of hydrogen-bond donors (Lipinski definition) is 0. The zero-order valence-electron chi connectivity index (χ0n) is 13.9. The van der Waals surface area contributed by atoms with E-state index in [1.54, 1.807) is 32.9 Å². The molecule has 0 unspecified atom stereocenters. The second-order valence-electron chi connectivity index (χ2n) is 6.06. The fourth-order valence-electron chi connectivity index (χ4n) is 2.94. The molecule has 0 amide bonds. The number of oxazole rings is 1. The van der Waals surface area contributed by atoms with Crippen molar-refractivity contribution < 1.29 is 18.4 Å². The molecule has 0 saturated heterocycles.